The number of rotatable bonds is 3. The molecule has 0 saturated heterocycles. The van der Waals surface area contributed by atoms with Crippen LogP contribution in [-0.2, 0) is 6.54 Å². The number of nitrogens with zero attached hydrogens (tertiary/aromatic N) is 2. The first kappa shape index (κ1) is 14.2. The summed E-state index contributed by atoms with van der Waals surface area (Å²) < 4.78 is 2.28. The Balaban J connectivity index is 2.01. The maximum absolute atomic E-state index is 6.32. The normalized spacial score (nSPS) is 24.4. The zero-order valence-corrected chi connectivity index (χ0v) is 13.5. The van der Waals surface area contributed by atoms with Crippen LogP contribution < -0.4 is 0 Å². The zero-order valence-electron chi connectivity index (χ0n) is 11.9. The molecule has 0 amide bonds. The highest BCUT2D eigenvalue weighted by molar-refractivity contribution is 6.31. The highest BCUT2D eigenvalue weighted by Gasteiger charge is 2.24. The standard InChI is InChI=1S/C16H20Cl2N2/c1-10-3-4-12(7-10)9-20-15-8-13(18)5-6-14(15)19-16(20)11(2)17/h5-6,8,10-12H,3-4,7,9H2,1-2H3. The third-order valence-corrected chi connectivity index (χ3v) is 4.77. The summed E-state index contributed by atoms with van der Waals surface area (Å²) in [6.07, 6.45) is 3.94. The average molecular weight is 311 g/mol. The Morgan fingerprint density at radius 2 is 2.20 bits per heavy atom. The van der Waals surface area contributed by atoms with E-state index < -0.39 is 0 Å². The third-order valence-electron chi connectivity index (χ3n) is 4.34. The van der Waals surface area contributed by atoms with Crippen LogP contribution in [0.15, 0.2) is 18.2 Å². The Morgan fingerprint density at radius 3 is 2.85 bits per heavy atom. The molecule has 108 valence electrons. The van der Waals surface area contributed by atoms with E-state index >= 15 is 0 Å². The highest BCUT2D eigenvalue weighted by Crippen LogP contribution is 2.34. The van der Waals surface area contributed by atoms with Gasteiger partial charge in [-0.25, -0.2) is 4.98 Å². The molecular weight excluding hydrogens is 291 g/mol. The molecule has 1 aliphatic rings. The predicted octanol–water partition coefficient (Wildman–Crippen LogP) is 5.43. The minimum Gasteiger partial charge on any atom is -0.326 e. The Kier molecular flexibility index (Phi) is 3.96. The van der Waals surface area contributed by atoms with Gasteiger partial charge in [-0.2, -0.15) is 0 Å². The minimum absolute atomic E-state index is 0.0833. The Bertz CT molecular complexity index is 618. The average Bonchev–Trinajstić information content (AvgIpc) is 2.95. The lowest BCUT2D eigenvalue weighted by molar-refractivity contribution is 0.438. The van der Waals surface area contributed by atoms with Crippen molar-refractivity contribution in [2.75, 3.05) is 0 Å². The van der Waals surface area contributed by atoms with Gasteiger partial charge in [0.15, 0.2) is 0 Å². The van der Waals surface area contributed by atoms with Crippen LogP contribution in [0.3, 0.4) is 0 Å². The topological polar surface area (TPSA) is 17.8 Å². The number of fused-ring (bicyclic) bond motifs is 1. The summed E-state index contributed by atoms with van der Waals surface area (Å²) in [5, 5.41) is 0.673. The highest BCUT2D eigenvalue weighted by atomic mass is 35.5. The van der Waals surface area contributed by atoms with Gasteiger partial charge in [-0.1, -0.05) is 24.9 Å². The first-order valence-corrected chi connectivity index (χ1v) is 8.15. The SMILES string of the molecule is CC1CCC(Cn2c(C(C)Cl)nc3ccc(Cl)cc32)C1. The Morgan fingerprint density at radius 1 is 1.40 bits per heavy atom. The molecule has 3 unspecified atom stereocenters. The second-order valence-electron chi connectivity index (χ2n) is 6.11. The fourth-order valence-corrected chi connectivity index (χ4v) is 3.69. The van der Waals surface area contributed by atoms with Crippen molar-refractivity contribution in [2.24, 2.45) is 11.8 Å². The summed E-state index contributed by atoms with van der Waals surface area (Å²) in [6, 6.07) is 5.88. The monoisotopic (exact) mass is 310 g/mol. The van der Waals surface area contributed by atoms with Crippen LogP contribution in [0.25, 0.3) is 11.0 Å². The first-order chi connectivity index (χ1) is 9.54. The summed E-state index contributed by atoms with van der Waals surface area (Å²) in [7, 11) is 0. The summed E-state index contributed by atoms with van der Waals surface area (Å²) >= 11 is 12.5. The van der Waals surface area contributed by atoms with Crippen molar-refractivity contribution in [1.29, 1.82) is 0 Å². The van der Waals surface area contributed by atoms with E-state index in [1.165, 1.54) is 19.3 Å². The van der Waals surface area contributed by atoms with Gasteiger partial charge in [0.25, 0.3) is 0 Å². The predicted molar refractivity (Wildman–Crippen MR) is 85.5 cm³/mol. The summed E-state index contributed by atoms with van der Waals surface area (Å²) in [4.78, 5) is 4.69. The molecule has 1 aromatic carbocycles. The molecule has 3 rings (SSSR count). The molecule has 2 nitrogen and oxygen atoms in total. The third kappa shape index (κ3) is 2.68. The van der Waals surface area contributed by atoms with E-state index in [0.717, 1.165) is 40.3 Å². The van der Waals surface area contributed by atoms with Gasteiger partial charge in [0.05, 0.1) is 16.4 Å². The van der Waals surface area contributed by atoms with E-state index in [1.807, 2.05) is 25.1 Å². The smallest absolute Gasteiger partial charge is 0.127 e. The second-order valence-corrected chi connectivity index (χ2v) is 7.20. The minimum atomic E-state index is -0.0833. The fraction of sp³-hybridized carbons (Fsp3) is 0.562. The number of benzene rings is 1. The molecule has 0 aliphatic heterocycles. The van der Waals surface area contributed by atoms with E-state index in [1.54, 1.807) is 0 Å². The molecule has 20 heavy (non-hydrogen) atoms. The Hall–Kier alpha value is -0.730. The van der Waals surface area contributed by atoms with Gasteiger partial charge in [-0.3, -0.25) is 0 Å². The molecule has 4 heteroatoms. The molecule has 3 atom stereocenters. The van der Waals surface area contributed by atoms with Crippen molar-refractivity contribution in [3.8, 4) is 0 Å². The van der Waals surface area contributed by atoms with Gasteiger partial charge >= 0.3 is 0 Å². The summed E-state index contributed by atoms with van der Waals surface area (Å²) in [5.41, 5.74) is 2.10. The van der Waals surface area contributed by atoms with Gasteiger partial charge in [0, 0.05) is 11.6 Å². The number of alkyl halides is 1. The molecular formula is C16H20Cl2N2. The van der Waals surface area contributed by atoms with Crippen molar-refractivity contribution in [3.63, 3.8) is 0 Å². The molecule has 1 aromatic heterocycles. The van der Waals surface area contributed by atoms with Crippen LogP contribution in [0.4, 0.5) is 0 Å². The summed E-state index contributed by atoms with van der Waals surface area (Å²) in [5.74, 6) is 2.54. The lowest BCUT2D eigenvalue weighted by Crippen LogP contribution is -2.11. The van der Waals surface area contributed by atoms with Gasteiger partial charge in [-0.05, 0) is 49.8 Å². The number of aromatic nitrogens is 2. The molecule has 0 spiro atoms. The van der Waals surface area contributed by atoms with Crippen molar-refractivity contribution >= 4 is 34.2 Å². The first-order valence-electron chi connectivity index (χ1n) is 7.34. The number of hydrogen-bond donors (Lipinski definition) is 0. The number of imidazole rings is 1. The van der Waals surface area contributed by atoms with Gasteiger partial charge in [-0.15, -0.1) is 11.6 Å². The van der Waals surface area contributed by atoms with E-state index in [9.17, 15) is 0 Å². The molecule has 0 bridgehead atoms. The molecule has 2 aromatic rings. The van der Waals surface area contributed by atoms with Gasteiger partial charge < -0.3 is 4.57 Å². The summed E-state index contributed by atoms with van der Waals surface area (Å²) in [6.45, 7) is 5.33. The molecule has 1 saturated carbocycles. The van der Waals surface area contributed by atoms with Crippen molar-refractivity contribution in [2.45, 2.75) is 45.0 Å². The van der Waals surface area contributed by atoms with Crippen LogP contribution in [-0.4, -0.2) is 9.55 Å². The van der Waals surface area contributed by atoms with E-state index in [0.29, 0.717) is 0 Å². The fourth-order valence-electron chi connectivity index (χ4n) is 3.36. The van der Waals surface area contributed by atoms with Crippen molar-refractivity contribution < 1.29 is 0 Å². The van der Waals surface area contributed by atoms with E-state index in [2.05, 4.69) is 16.5 Å². The molecule has 0 N–H and O–H groups in total. The zero-order chi connectivity index (χ0) is 14.3. The second kappa shape index (κ2) is 5.57. The van der Waals surface area contributed by atoms with Crippen molar-refractivity contribution in [3.05, 3.63) is 29.0 Å². The van der Waals surface area contributed by atoms with Crippen LogP contribution >= 0.6 is 23.2 Å². The van der Waals surface area contributed by atoms with Crippen LogP contribution in [0.2, 0.25) is 5.02 Å². The largest absolute Gasteiger partial charge is 0.326 e. The van der Waals surface area contributed by atoms with Crippen LogP contribution in [0.5, 0.6) is 0 Å². The molecule has 1 heterocycles. The molecule has 1 fully saturated rings. The Labute approximate surface area is 130 Å². The lowest BCUT2D eigenvalue weighted by atomic mass is 10.1. The lowest BCUT2D eigenvalue weighted by Gasteiger charge is -2.15. The van der Waals surface area contributed by atoms with E-state index in [-0.39, 0.29) is 5.38 Å². The van der Waals surface area contributed by atoms with Gasteiger partial charge in [0.2, 0.25) is 0 Å². The van der Waals surface area contributed by atoms with Gasteiger partial charge in [0.1, 0.15) is 5.82 Å². The van der Waals surface area contributed by atoms with Crippen molar-refractivity contribution in [1.82, 2.24) is 9.55 Å². The van der Waals surface area contributed by atoms with Crippen LogP contribution in [0, 0.1) is 11.8 Å². The van der Waals surface area contributed by atoms with Crippen LogP contribution in [0.1, 0.15) is 44.3 Å². The van der Waals surface area contributed by atoms with E-state index in [4.69, 9.17) is 23.2 Å². The maximum Gasteiger partial charge on any atom is 0.127 e. The number of hydrogen-bond acceptors (Lipinski definition) is 1. The molecule has 0 radical (unpaired) electrons. The maximum atomic E-state index is 6.32. The quantitative estimate of drug-likeness (QED) is 0.691. The molecule has 1 aliphatic carbocycles. The number of halogens is 2.